The molecule has 7 heteroatoms. The van der Waals surface area contributed by atoms with Crippen LogP contribution in [-0.4, -0.2) is 29.8 Å². The summed E-state index contributed by atoms with van der Waals surface area (Å²) in [5.41, 5.74) is 12.2. The lowest BCUT2D eigenvalue weighted by molar-refractivity contribution is 0.0747. The van der Waals surface area contributed by atoms with E-state index in [0.717, 1.165) is 12.0 Å². The summed E-state index contributed by atoms with van der Waals surface area (Å²) < 4.78 is 0. The zero-order valence-electron chi connectivity index (χ0n) is 12.6. The fourth-order valence-electron chi connectivity index (χ4n) is 2.07. The second-order valence-corrected chi connectivity index (χ2v) is 5.83. The molecule has 0 radical (unpaired) electrons. The maximum atomic E-state index is 12.6. The maximum Gasteiger partial charge on any atom is 0.264 e. The van der Waals surface area contributed by atoms with Gasteiger partial charge in [0, 0.05) is 18.5 Å². The lowest BCUT2D eigenvalue weighted by atomic mass is 10.2. The molecule has 2 aromatic rings. The number of halogens is 1. The van der Waals surface area contributed by atoms with Crippen LogP contribution in [0.25, 0.3) is 0 Å². The number of hydrogen-bond acceptors (Lipinski definition) is 4. The molecule has 0 saturated heterocycles. The van der Waals surface area contributed by atoms with E-state index in [1.807, 2.05) is 30.3 Å². The number of carbonyl (C=O) groups excluding carboxylic acids is 2. The Labute approximate surface area is 145 Å². The van der Waals surface area contributed by atoms with Gasteiger partial charge in [-0.25, -0.2) is 0 Å². The molecule has 0 bridgehead atoms. The molecular weight excluding hydrogens is 334 g/mol. The minimum atomic E-state index is -0.521. The third-order valence-corrected chi connectivity index (χ3v) is 4.15. The molecular formula is C16H20ClN3O2S. The van der Waals surface area contributed by atoms with Crippen LogP contribution < -0.4 is 11.5 Å². The molecule has 0 saturated carbocycles. The first-order chi connectivity index (χ1) is 10.6. The van der Waals surface area contributed by atoms with Crippen LogP contribution >= 0.6 is 23.7 Å². The van der Waals surface area contributed by atoms with Crippen LogP contribution in [0.1, 0.15) is 32.0 Å². The number of rotatable bonds is 7. The molecule has 1 aromatic heterocycles. The lowest BCUT2D eigenvalue weighted by Crippen LogP contribution is -2.32. The highest BCUT2D eigenvalue weighted by molar-refractivity contribution is 7.12. The quantitative estimate of drug-likeness (QED) is 0.800. The predicted molar refractivity (Wildman–Crippen MR) is 94.9 cm³/mol. The molecule has 0 aliphatic heterocycles. The number of thiophene rings is 1. The fourth-order valence-corrected chi connectivity index (χ4v) is 2.93. The molecule has 0 aliphatic rings. The molecule has 0 aliphatic carbocycles. The first-order valence-electron chi connectivity index (χ1n) is 7.03. The molecule has 2 rings (SSSR count). The van der Waals surface area contributed by atoms with Gasteiger partial charge in [0.15, 0.2) is 0 Å². The van der Waals surface area contributed by atoms with Gasteiger partial charge in [-0.1, -0.05) is 30.3 Å². The van der Waals surface area contributed by atoms with Crippen molar-refractivity contribution >= 4 is 35.6 Å². The molecule has 0 atom stereocenters. The van der Waals surface area contributed by atoms with E-state index < -0.39 is 5.91 Å². The van der Waals surface area contributed by atoms with Crippen LogP contribution in [0.15, 0.2) is 41.8 Å². The molecule has 124 valence electrons. The topological polar surface area (TPSA) is 89.4 Å². The molecule has 0 unspecified atom stereocenters. The number of amides is 2. The van der Waals surface area contributed by atoms with Gasteiger partial charge >= 0.3 is 0 Å². The Balaban J connectivity index is 0.00000264. The van der Waals surface area contributed by atoms with Crippen molar-refractivity contribution < 1.29 is 9.59 Å². The van der Waals surface area contributed by atoms with E-state index in [1.54, 1.807) is 16.3 Å². The minimum Gasteiger partial charge on any atom is -0.366 e. The Morgan fingerprint density at radius 2 is 1.87 bits per heavy atom. The van der Waals surface area contributed by atoms with Gasteiger partial charge in [-0.3, -0.25) is 9.59 Å². The van der Waals surface area contributed by atoms with Crippen LogP contribution in [0.5, 0.6) is 0 Å². The lowest BCUT2D eigenvalue weighted by Gasteiger charge is -2.22. The molecule has 2 amide bonds. The van der Waals surface area contributed by atoms with Crippen molar-refractivity contribution in [3.8, 4) is 0 Å². The normalized spacial score (nSPS) is 9.96. The molecule has 4 N–H and O–H groups in total. The molecule has 1 aromatic carbocycles. The van der Waals surface area contributed by atoms with Crippen LogP contribution in [-0.2, 0) is 6.54 Å². The number of benzene rings is 1. The summed E-state index contributed by atoms with van der Waals surface area (Å²) in [5, 5.41) is 1.61. The number of nitrogens with zero attached hydrogens (tertiary/aromatic N) is 1. The van der Waals surface area contributed by atoms with Crippen molar-refractivity contribution in [3.63, 3.8) is 0 Å². The monoisotopic (exact) mass is 353 g/mol. The number of carbonyl (C=O) groups is 2. The molecule has 1 heterocycles. The zero-order valence-corrected chi connectivity index (χ0v) is 14.2. The largest absolute Gasteiger partial charge is 0.366 e. The summed E-state index contributed by atoms with van der Waals surface area (Å²) >= 11 is 1.24. The van der Waals surface area contributed by atoms with Crippen molar-refractivity contribution in [1.82, 2.24) is 4.90 Å². The maximum absolute atomic E-state index is 12.6. The summed E-state index contributed by atoms with van der Waals surface area (Å²) in [6.45, 7) is 1.62. The summed E-state index contributed by atoms with van der Waals surface area (Å²) in [4.78, 5) is 26.1. The van der Waals surface area contributed by atoms with Gasteiger partial charge < -0.3 is 16.4 Å². The molecule has 0 spiro atoms. The van der Waals surface area contributed by atoms with Gasteiger partial charge in [0.2, 0.25) is 5.91 Å². The second kappa shape index (κ2) is 9.29. The van der Waals surface area contributed by atoms with Crippen molar-refractivity contribution in [3.05, 3.63) is 57.8 Å². The predicted octanol–water partition coefficient (Wildman–Crippen LogP) is 2.26. The average Bonchev–Trinajstić information content (AvgIpc) is 3.02. The Morgan fingerprint density at radius 3 is 2.43 bits per heavy atom. The van der Waals surface area contributed by atoms with Gasteiger partial charge in [-0.15, -0.1) is 23.7 Å². The molecule has 23 heavy (non-hydrogen) atoms. The smallest absolute Gasteiger partial charge is 0.264 e. The third kappa shape index (κ3) is 5.35. The standard InChI is InChI=1S/C16H19N3O2S.ClH/c17-7-4-8-19(10-12-5-2-1-3-6-12)16(21)14-9-13(11-22-14)15(18)20;/h1-3,5-6,9,11H,4,7-8,10,17H2,(H2,18,20);1H. The van der Waals surface area contributed by atoms with Gasteiger partial charge in [0.1, 0.15) is 0 Å². The first-order valence-corrected chi connectivity index (χ1v) is 7.91. The van der Waals surface area contributed by atoms with Gasteiger partial charge in [-0.2, -0.15) is 0 Å². The fraction of sp³-hybridized carbons (Fsp3) is 0.250. The van der Waals surface area contributed by atoms with Gasteiger partial charge in [0.25, 0.3) is 5.91 Å². The van der Waals surface area contributed by atoms with E-state index in [9.17, 15) is 9.59 Å². The molecule has 5 nitrogen and oxygen atoms in total. The minimum absolute atomic E-state index is 0. The Kier molecular flexibility index (Phi) is 7.74. The summed E-state index contributed by atoms with van der Waals surface area (Å²) in [5.74, 6) is -0.623. The van der Waals surface area contributed by atoms with Gasteiger partial charge in [-0.05, 0) is 24.6 Å². The van der Waals surface area contributed by atoms with Crippen molar-refractivity contribution in [2.24, 2.45) is 11.5 Å². The van der Waals surface area contributed by atoms with Crippen molar-refractivity contribution in [2.45, 2.75) is 13.0 Å². The summed E-state index contributed by atoms with van der Waals surface area (Å²) in [6, 6.07) is 11.3. The summed E-state index contributed by atoms with van der Waals surface area (Å²) in [6.07, 6.45) is 0.729. The van der Waals surface area contributed by atoms with E-state index >= 15 is 0 Å². The number of hydrogen-bond donors (Lipinski definition) is 2. The average molecular weight is 354 g/mol. The van der Waals surface area contributed by atoms with E-state index in [4.69, 9.17) is 11.5 Å². The van der Waals surface area contributed by atoms with Crippen LogP contribution in [0.2, 0.25) is 0 Å². The highest BCUT2D eigenvalue weighted by Crippen LogP contribution is 2.18. The van der Waals surface area contributed by atoms with Gasteiger partial charge in [0.05, 0.1) is 10.4 Å². The Hall–Kier alpha value is -1.89. The summed E-state index contributed by atoms with van der Waals surface area (Å²) in [7, 11) is 0. The highest BCUT2D eigenvalue weighted by atomic mass is 35.5. The van der Waals surface area contributed by atoms with Crippen LogP contribution in [0.4, 0.5) is 0 Å². The second-order valence-electron chi connectivity index (χ2n) is 4.92. The first kappa shape index (κ1) is 19.2. The Bertz CT molecular complexity index is 646. The van der Waals surface area contributed by atoms with E-state index in [-0.39, 0.29) is 18.3 Å². The number of nitrogens with two attached hydrogens (primary N) is 2. The highest BCUT2D eigenvalue weighted by Gasteiger charge is 2.18. The van der Waals surface area contributed by atoms with E-state index in [0.29, 0.717) is 30.1 Å². The van der Waals surface area contributed by atoms with Crippen molar-refractivity contribution in [1.29, 1.82) is 0 Å². The Morgan fingerprint density at radius 1 is 1.17 bits per heavy atom. The number of primary amides is 1. The van der Waals surface area contributed by atoms with Crippen molar-refractivity contribution in [2.75, 3.05) is 13.1 Å². The van der Waals surface area contributed by atoms with E-state index in [2.05, 4.69) is 0 Å². The van der Waals surface area contributed by atoms with E-state index in [1.165, 1.54) is 11.3 Å². The van der Waals surface area contributed by atoms with Crippen LogP contribution in [0, 0.1) is 0 Å². The third-order valence-electron chi connectivity index (χ3n) is 3.23. The van der Waals surface area contributed by atoms with Crippen LogP contribution in [0.3, 0.4) is 0 Å². The molecule has 0 fully saturated rings. The zero-order chi connectivity index (χ0) is 15.9. The SMILES string of the molecule is Cl.NCCCN(Cc1ccccc1)C(=O)c1cc(C(N)=O)cs1.